The summed E-state index contributed by atoms with van der Waals surface area (Å²) >= 11 is 0. The van der Waals surface area contributed by atoms with Gasteiger partial charge >= 0.3 is 12.2 Å². The molecule has 5 aromatic rings. The standard InChI is InChI=1S/C40H46N6O4/c1-22-14-33(45(21-22)37(47)49-39(2,3)4)35-41-20-31(44-35)27-11-10-23-15-24(8-9-25(23)16-27)26-12-13-29-30(17-26)43-36(42-29)34-19-28-18-32(28)46(34)38(48)50-40(5,6)7/h8-13,15-17,20,22,28,32-34H,14,18-19,21H2,1-7H3,(H,41,44)(H,42,43)/t22-,28-,32?,33+,34+/m1/s1. The Morgan fingerprint density at radius 1 is 0.760 bits per heavy atom. The number of likely N-dealkylation sites (tertiary alicyclic amines) is 2. The first-order chi connectivity index (χ1) is 23.7. The Bertz CT molecular complexity index is 2120. The van der Waals surface area contributed by atoms with Gasteiger partial charge in [0.1, 0.15) is 22.9 Å². The van der Waals surface area contributed by atoms with Crippen molar-refractivity contribution in [2.45, 2.75) is 97.1 Å². The number of H-pyrrole nitrogens is 2. The van der Waals surface area contributed by atoms with Gasteiger partial charge in [0.15, 0.2) is 0 Å². The molecule has 3 fully saturated rings. The number of nitrogens with one attached hydrogen (secondary N) is 2. The van der Waals surface area contributed by atoms with Crippen LogP contribution in [0.4, 0.5) is 9.59 Å². The van der Waals surface area contributed by atoms with Gasteiger partial charge in [-0.3, -0.25) is 9.80 Å². The van der Waals surface area contributed by atoms with Crippen molar-refractivity contribution in [2.75, 3.05) is 6.54 Å². The first kappa shape index (κ1) is 32.4. The zero-order valence-corrected chi connectivity index (χ0v) is 29.9. The highest BCUT2D eigenvalue weighted by Crippen LogP contribution is 2.53. The third-order valence-electron chi connectivity index (χ3n) is 10.1. The molecule has 5 atom stereocenters. The molecule has 260 valence electrons. The quantitative estimate of drug-likeness (QED) is 0.196. The van der Waals surface area contributed by atoms with E-state index in [4.69, 9.17) is 19.4 Å². The van der Waals surface area contributed by atoms with Crippen LogP contribution in [-0.4, -0.2) is 65.7 Å². The molecule has 1 aliphatic carbocycles. The topological polar surface area (TPSA) is 116 Å². The van der Waals surface area contributed by atoms with Gasteiger partial charge in [0.2, 0.25) is 0 Å². The fourth-order valence-electron chi connectivity index (χ4n) is 7.72. The highest BCUT2D eigenvalue weighted by atomic mass is 16.6. The van der Waals surface area contributed by atoms with Crippen molar-refractivity contribution in [3.05, 3.63) is 72.4 Å². The van der Waals surface area contributed by atoms with Gasteiger partial charge in [0.25, 0.3) is 0 Å². The molecule has 10 heteroatoms. The number of carbonyl (C=O) groups is 2. The van der Waals surface area contributed by atoms with Crippen LogP contribution in [-0.2, 0) is 9.47 Å². The average Bonchev–Trinajstić information content (AvgIpc) is 3.49. The van der Waals surface area contributed by atoms with E-state index in [2.05, 4.69) is 71.5 Å². The van der Waals surface area contributed by atoms with E-state index in [1.54, 1.807) is 4.90 Å². The Kier molecular flexibility index (Phi) is 7.51. The minimum Gasteiger partial charge on any atom is -0.444 e. The normalized spacial score (nSPS) is 23.5. The number of carbonyl (C=O) groups excluding carboxylic acids is 2. The summed E-state index contributed by atoms with van der Waals surface area (Å²) in [7, 11) is 0. The SMILES string of the molecule is C[C@@H]1C[C@@H](c2ncc(-c3ccc4cc(-c5ccc6nc([C@@H]7C[C@H]8CC8N7C(=O)OC(C)(C)C)[nH]c6c5)ccc4c3)[nH]2)N(C(=O)OC(C)(C)C)C1. The largest absolute Gasteiger partial charge is 0.444 e. The molecule has 1 saturated carbocycles. The second-order valence-electron chi connectivity index (χ2n) is 16.5. The van der Waals surface area contributed by atoms with Crippen LogP contribution in [0.2, 0.25) is 0 Å². The number of piperidine rings is 1. The second kappa shape index (κ2) is 11.6. The molecule has 2 aromatic heterocycles. The Hall–Kier alpha value is -4.86. The first-order valence-corrected chi connectivity index (χ1v) is 17.8. The Morgan fingerprint density at radius 3 is 2.16 bits per heavy atom. The second-order valence-corrected chi connectivity index (χ2v) is 16.5. The van der Waals surface area contributed by atoms with E-state index in [1.165, 1.54) is 0 Å². The highest BCUT2D eigenvalue weighted by Gasteiger charge is 2.56. The fraction of sp³-hybridized carbons (Fsp3) is 0.450. The molecule has 3 aliphatic rings. The van der Waals surface area contributed by atoms with Crippen molar-refractivity contribution in [3.8, 4) is 22.4 Å². The molecule has 0 radical (unpaired) electrons. The molecule has 8 rings (SSSR count). The number of ether oxygens (including phenoxy) is 2. The van der Waals surface area contributed by atoms with Gasteiger partial charge in [-0.2, -0.15) is 0 Å². The van der Waals surface area contributed by atoms with Gasteiger partial charge in [0.05, 0.1) is 35.0 Å². The van der Waals surface area contributed by atoms with Crippen molar-refractivity contribution in [2.24, 2.45) is 11.8 Å². The lowest BCUT2D eigenvalue weighted by molar-refractivity contribution is 0.0172. The van der Waals surface area contributed by atoms with E-state index < -0.39 is 11.2 Å². The minimum absolute atomic E-state index is 0.101. The van der Waals surface area contributed by atoms with Crippen LogP contribution in [0.25, 0.3) is 44.2 Å². The van der Waals surface area contributed by atoms with Gasteiger partial charge in [-0.25, -0.2) is 19.6 Å². The van der Waals surface area contributed by atoms with Crippen LogP contribution >= 0.6 is 0 Å². The zero-order valence-electron chi connectivity index (χ0n) is 29.9. The number of aromatic amines is 2. The molecule has 2 N–H and O–H groups in total. The summed E-state index contributed by atoms with van der Waals surface area (Å²) in [6.45, 7) is 14.2. The summed E-state index contributed by atoms with van der Waals surface area (Å²) < 4.78 is 11.5. The summed E-state index contributed by atoms with van der Waals surface area (Å²) in [6, 6.07) is 19.2. The van der Waals surface area contributed by atoms with Crippen molar-refractivity contribution in [1.29, 1.82) is 0 Å². The minimum atomic E-state index is -0.551. The molecule has 50 heavy (non-hydrogen) atoms. The predicted molar refractivity (Wildman–Crippen MR) is 193 cm³/mol. The maximum absolute atomic E-state index is 13.1. The van der Waals surface area contributed by atoms with Gasteiger partial charge in [0, 0.05) is 18.2 Å². The summed E-state index contributed by atoms with van der Waals surface area (Å²) in [6.07, 6.45) is 4.09. The van der Waals surface area contributed by atoms with Crippen LogP contribution in [0.3, 0.4) is 0 Å². The highest BCUT2D eigenvalue weighted by molar-refractivity contribution is 5.92. The van der Waals surface area contributed by atoms with Crippen LogP contribution in [0.15, 0.2) is 60.8 Å². The molecule has 0 bridgehead atoms. The number of aromatic nitrogens is 4. The van der Waals surface area contributed by atoms with E-state index in [0.29, 0.717) is 18.4 Å². The number of nitrogens with zero attached hydrogens (tertiary/aromatic N) is 4. The van der Waals surface area contributed by atoms with Gasteiger partial charge in [-0.15, -0.1) is 0 Å². The smallest absolute Gasteiger partial charge is 0.411 e. The first-order valence-electron chi connectivity index (χ1n) is 17.8. The van der Waals surface area contributed by atoms with Gasteiger partial charge in [-0.05, 0) is 119 Å². The van der Waals surface area contributed by atoms with Crippen LogP contribution in [0.5, 0.6) is 0 Å². The molecule has 2 saturated heterocycles. The third-order valence-corrected chi connectivity index (χ3v) is 10.1. The van der Waals surface area contributed by atoms with Crippen molar-refractivity contribution >= 4 is 34.0 Å². The van der Waals surface area contributed by atoms with E-state index >= 15 is 0 Å². The van der Waals surface area contributed by atoms with Gasteiger partial charge < -0.3 is 19.4 Å². The van der Waals surface area contributed by atoms with Crippen LogP contribution in [0.1, 0.15) is 91.5 Å². The van der Waals surface area contributed by atoms with E-state index in [9.17, 15) is 9.59 Å². The predicted octanol–water partition coefficient (Wildman–Crippen LogP) is 9.16. The Labute approximate surface area is 292 Å². The molecule has 1 unspecified atom stereocenters. The number of imidazole rings is 2. The number of hydrogen-bond donors (Lipinski definition) is 2. The van der Waals surface area contributed by atoms with E-state index in [1.807, 2.05) is 52.6 Å². The molecule has 0 spiro atoms. The Morgan fingerprint density at radius 2 is 1.42 bits per heavy atom. The number of amides is 2. The number of benzene rings is 3. The molecule has 10 nitrogen and oxygen atoms in total. The lowest BCUT2D eigenvalue weighted by atomic mass is 9.99. The Balaban J connectivity index is 1.01. The molecular formula is C40H46N6O4. The molecule has 2 amide bonds. The van der Waals surface area contributed by atoms with Crippen molar-refractivity contribution < 1.29 is 19.1 Å². The van der Waals surface area contributed by atoms with E-state index in [0.717, 1.165) is 75.1 Å². The van der Waals surface area contributed by atoms with Crippen molar-refractivity contribution in [3.63, 3.8) is 0 Å². The molecular weight excluding hydrogens is 628 g/mol. The lowest BCUT2D eigenvalue weighted by Gasteiger charge is -2.29. The van der Waals surface area contributed by atoms with Crippen LogP contribution < -0.4 is 0 Å². The number of hydrogen-bond acceptors (Lipinski definition) is 6. The van der Waals surface area contributed by atoms with E-state index in [-0.39, 0.29) is 30.3 Å². The molecule has 2 aliphatic heterocycles. The van der Waals surface area contributed by atoms with Crippen molar-refractivity contribution in [1.82, 2.24) is 29.7 Å². The summed E-state index contributed by atoms with van der Waals surface area (Å²) in [4.78, 5) is 46.5. The molecule has 3 aromatic carbocycles. The summed E-state index contributed by atoms with van der Waals surface area (Å²) in [5.74, 6) is 2.49. The summed E-state index contributed by atoms with van der Waals surface area (Å²) in [5.41, 5.74) is 4.91. The monoisotopic (exact) mass is 674 g/mol. The fourth-order valence-corrected chi connectivity index (χ4v) is 7.72. The average molecular weight is 675 g/mol. The molecule has 4 heterocycles. The number of rotatable bonds is 4. The maximum Gasteiger partial charge on any atom is 0.411 e. The van der Waals surface area contributed by atoms with Gasteiger partial charge in [-0.1, -0.05) is 37.3 Å². The number of fused-ring (bicyclic) bond motifs is 3. The maximum atomic E-state index is 13.1. The van der Waals surface area contributed by atoms with Crippen LogP contribution in [0, 0.1) is 11.8 Å². The summed E-state index contributed by atoms with van der Waals surface area (Å²) in [5, 5.41) is 2.26. The zero-order chi connectivity index (χ0) is 35.1. The lowest BCUT2D eigenvalue weighted by Crippen LogP contribution is -2.38. The third kappa shape index (κ3) is 6.20.